The highest BCUT2D eigenvalue weighted by Gasteiger charge is 2.29. The lowest BCUT2D eigenvalue weighted by molar-refractivity contribution is 0.370. The Morgan fingerprint density at radius 1 is 1.10 bits per heavy atom. The van der Waals surface area contributed by atoms with E-state index in [0.29, 0.717) is 6.04 Å². The third-order valence-corrected chi connectivity index (χ3v) is 7.45. The van der Waals surface area contributed by atoms with Crippen molar-refractivity contribution in [2.45, 2.75) is 64.3 Å². The Morgan fingerprint density at radius 2 is 1.94 bits per heavy atom. The number of aromatic nitrogens is 2. The van der Waals surface area contributed by atoms with Crippen molar-refractivity contribution in [3.05, 3.63) is 29.8 Å². The minimum atomic E-state index is 0.454. The SMILES string of the molecule is C[C@@H](Nc1nc(NCC2CCCCC2)nc2c(C3=CCN(C)CC3)cccc12)C1CC1. The van der Waals surface area contributed by atoms with Gasteiger partial charge in [0.05, 0.1) is 5.52 Å². The Labute approximate surface area is 186 Å². The predicted octanol–water partition coefficient (Wildman–Crippen LogP) is 5.55. The van der Waals surface area contributed by atoms with E-state index < -0.39 is 0 Å². The summed E-state index contributed by atoms with van der Waals surface area (Å²) in [7, 11) is 2.19. The number of nitrogens with zero attached hydrogens (tertiary/aromatic N) is 3. The Bertz CT molecular complexity index is 942. The van der Waals surface area contributed by atoms with Crippen LogP contribution in [0.1, 0.15) is 63.9 Å². The summed E-state index contributed by atoms with van der Waals surface area (Å²) < 4.78 is 0. The van der Waals surface area contributed by atoms with Crippen molar-refractivity contribution < 1.29 is 0 Å². The number of benzene rings is 1. The van der Waals surface area contributed by atoms with Crippen LogP contribution in [0.5, 0.6) is 0 Å². The van der Waals surface area contributed by atoms with Crippen LogP contribution >= 0.6 is 0 Å². The number of hydrogen-bond acceptors (Lipinski definition) is 5. The number of hydrogen-bond donors (Lipinski definition) is 2. The first-order valence-electron chi connectivity index (χ1n) is 12.4. The van der Waals surface area contributed by atoms with Gasteiger partial charge in [-0.1, -0.05) is 37.5 Å². The normalized spacial score (nSPS) is 21.7. The number of nitrogens with one attached hydrogen (secondary N) is 2. The molecule has 1 aromatic heterocycles. The summed E-state index contributed by atoms with van der Waals surface area (Å²) >= 11 is 0. The van der Waals surface area contributed by atoms with Gasteiger partial charge in [-0.15, -0.1) is 0 Å². The average molecular weight is 420 g/mol. The molecule has 5 heteroatoms. The van der Waals surface area contributed by atoms with Crippen LogP contribution in [0.2, 0.25) is 0 Å². The highest BCUT2D eigenvalue weighted by Crippen LogP contribution is 2.36. The number of anilines is 2. The van der Waals surface area contributed by atoms with Crippen molar-refractivity contribution in [3.8, 4) is 0 Å². The molecule has 31 heavy (non-hydrogen) atoms. The minimum Gasteiger partial charge on any atom is -0.367 e. The summed E-state index contributed by atoms with van der Waals surface area (Å²) in [5.41, 5.74) is 3.78. The largest absolute Gasteiger partial charge is 0.367 e. The van der Waals surface area contributed by atoms with Gasteiger partial charge in [0.2, 0.25) is 5.95 Å². The van der Waals surface area contributed by atoms with E-state index in [2.05, 4.69) is 53.8 Å². The van der Waals surface area contributed by atoms with Crippen molar-refractivity contribution in [2.75, 3.05) is 37.3 Å². The molecule has 1 aliphatic heterocycles. The van der Waals surface area contributed by atoms with Gasteiger partial charge in [0.15, 0.2) is 0 Å². The third kappa shape index (κ3) is 4.87. The Kier molecular flexibility index (Phi) is 6.13. The first-order chi connectivity index (χ1) is 15.2. The van der Waals surface area contributed by atoms with E-state index in [-0.39, 0.29) is 0 Å². The molecule has 2 fully saturated rings. The molecule has 0 amide bonds. The molecule has 3 aliphatic rings. The molecule has 0 spiro atoms. The second-order valence-electron chi connectivity index (χ2n) is 9.99. The number of para-hydroxylation sites is 1. The lowest BCUT2D eigenvalue weighted by Gasteiger charge is -2.24. The molecule has 166 valence electrons. The maximum Gasteiger partial charge on any atom is 0.225 e. The van der Waals surface area contributed by atoms with Crippen LogP contribution in [-0.2, 0) is 0 Å². The topological polar surface area (TPSA) is 53.1 Å². The van der Waals surface area contributed by atoms with Gasteiger partial charge in [0, 0.05) is 36.6 Å². The molecule has 2 heterocycles. The second kappa shape index (κ2) is 9.15. The molecule has 1 aromatic carbocycles. The zero-order valence-electron chi connectivity index (χ0n) is 19.2. The van der Waals surface area contributed by atoms with E-state index in [1.807, 2.05) is 0 Å². The molecule has 0 unspecified atom stereocenters. The summed E-state index contributed by atoms with van der Waals surface area (Å²) in [5.74, 6) is 3.31. The van der Waals surface area contributed by atoms with Crippen molar-refractivity contribution in [2.24, 2.45) is 11.8 Å². The van der Waals surface area contributed by atoms with E-state index in [1.165, 1.54) is 56.1 Å². The van der Waals surface area contributed by atoms with Crippen molar-refractivity contribution in [1.29, 1.82) is 0 Å². The first-order valence-corrected chi connectivity index (χ1v) is 12.4. The smallest absolute Gasteiger partial charge is 0.225 e. The standard InChI is InChI=1S/C26H37N5/c1-18(20-11-12-20)28-25-23-10-6-9-22(21-13-15-31(2)16-14-21)24(23)29-26(30-25)27-17-19-7-4-3-5-8-19/h6,9-10,13,18-20H,3-5,7-8,11-12,14-17H2,1-2H3,(H2,27,28,29,30)/t18-/m1/s1. The van der Waals surface area contributed by atoms with Gasteiger partial charge in [0.25, 0.3) is 0 Å². The van der Waals surface area contributed by atoms with Crippen LogP contribution in [0.25, 0.3) is 16.5 Å². The van der Waals surface area contributed by atoms with E-state index in [4.69, 9.17) is 9.97 Å². The summed E-state index contributed by atoms with van der Waals surface area (Å²) in [6.45, 7) is 5.39. The molecule has 2 aliphatic carbocycles. The van der Waals surface area contributed by atoms with Gasteiger partial charge in [-0.25, -0.2) is 4.98 Å². The summed E-state index contributed by atoms with van der Waals surface area (Å²) in [4.78, 5) is 12.4. The van der Waals surface area contributed by atoms with Crippen LogP contribution in [0.4, 0.5) is 11.8 Å². The number of fused-ring (bicyclic) bond motifs is 1. The monoisotopic (exact) mass is 419 g/mol. The lowest BCUT2D eigenvalue weighted by Crippen LogP contribution is -2.24. The second-order valence-corrected chi connectivity index (χ2v) is 9.99. The van der Waals surface area contributed by atoms with Gasteiger partial charge in [-0.3, -0.25) is 0 Å². The lowest BCUT2D eigenvalue weighted by atomic mass is 9.89. The maximum atomic E-state index is 5.07. The summed E-state index contributed by atoms with van der Waals surface area (Å²) in [5, 5.41) is 8.50. The highest BCUT2D eigenvalue weighted by atomic mass is 15.2. The van der Waals surface area contributed by atoms with Crippen LogP contribution in [0.15, 0.2) is 24.3 Å². The highest BCUT2D eigenvalue weighted by molar-refractivity contribution is 5.97. The zero-order chi connectivity index (χ0) is 21.2. The fourth-order valence-corrected chi connectivity index (χ4v) is 5.17. The van der Waals surface area contributed by atoms with E-state index in [0.717, 1.165) is 60.6 Å². The van der Waals surface area contributed by atoms with Crippen LogP contribution < -0.4 is 10.6 Å². The molecule has 0 saturated heterocycles. The maximum absolute atomic E-state index is 5.07. The van der Waals surface area contributed by atoms with Crippen molar-refractivity contribution in [3.63, 3.8) is 0 Å². The van der Waals surface area contributed by atoms with E-state index in [1.54, 1.807) is 0 Å². The molecular weight excluding hydrogens is 382 g/mol. The molecule has 1 atom stereocenters. The Morgan fingerprint density at radius 3 is 2.68 bits per heavy atom. The van der Waals surface area contributed by atoms with Crippen molar-refractivity contribution in [1.82, 2.24) is 14.9 Å². The van der Waals surface area contributed by atoms with E-state index >= 15 is 0 Å². The number of rotatable bonds is 7. The molecule has 5 rings (SSSR count). The third-order valence-electron chi connectivity index (χ3n) is 7.45. The predicted molar refractivity (Wildman–Crippen MR) is 131 cm³/mol. The molecule has 2 saturated carbocycles. The van der Waals surface area contributed by atoms with Gasteiger partial charge < -0.3 is 15.5 Å². The Hall–Kier alpha value is -2.14. The van der Waals surface area contributed by atoms with Gasteiger partial charge in [-0.2, -0.15) is 4.98 Å². The zero-order valence-corrected chi connectivity index (χ0v) is 19.2. The molecule has 0 bridgehead atoms. The van der Waals surface area contributed by atoms with Crippen LogP contribution in [0.3, 0.4) is 0 Å². The quantitative estimate of drug-likeness (QED) is 0.616. The summed E-state index contributed by atoms with van der Waals surface area (Å²) in [6.07, 6.45) is 12.9. The van der Waals surface area contributed by atoms with Gasteiger partial charge in [0.1, 0.15) is 5.82 Å². The van der Waals surface area contributed by atoms with Crippen LogP contribution in [-0.4, -0.2) is 47.6 Å². The number of likely N-dealkylation sites (N-methyl/N-ethyl adjacent to an activating group) is 1. The molecule has 0 radical (unpaired) electrons. The fraction of sp³-hybridized carbons (Fsp3) is 0.615. The van der Waals surface area contributed by atoms with Gasteiger partial charge >= 0.3 is 0 Å². The summed E-state index contributed by atoms with van der Waals surface area (Å²) in [6, 6.07) is 7.05. The van der Waals surface area contributed by atoms with Crippen molar-refractivity contribution >= 4 is 28.2 Å². The minimum absolute atomic E-state index is 0.454. The van der Waals surface area contributed by atoms with Gasteiger partial charge in [-0.05, 0) is 69.6 Å². The Balaban J connectivity index is 1.48. The fourth-order valence-electron chi connectivity index (χ4n) is 5.17. The molecule has 2 N–H and O–H groups in total. The van der Waals surface area contributed by atoms with Crippen LogP contribution in [0, 0.1) is 11.8 Å². The molecule has 2 aromatic rings. The average Bonchev–Trinajstić information content (AvgIpc) is 3.64. The van der Waals surface area contributed by atoms with E-state index in [9.17, 15) is 0 Å². The molecule has 5 nitrogen and oxygen atoms in total. The molecular formula is C26H37N5. The first kappa shape index (κ1) is 20.7.